The Balaban J connectivity index is 1.57. The van der Waals surface area contributed by atoms with Gasteiger partial charge in [-0.3, -0.25) is 4.79 Å². The number of hydrogen-bond acceptors (Lipinski definition) is 5. The highest BCUT2D eigenvalue weighted by atomic mass is 16.4. The molecule has 4 aromatic rings. The molecular weight excluding hydrogens is 368 g/mol. The number of imidazole rings is 1. The van der Waals surface area contributed by atoms with Crippen LogP contribution in [0.1, 0.15) is 60.3 Å². The molecule has 0 bridgehead atoms. The SMILES string of the molecule is CC(C)(C)c1ncc(C(=O)N2CCc3[nH]cnc3[C@@H]2c2cc3ccccn3n2)o1. The average Bonchev–Trinajstić information content (AvgIpc) is 3.44. The molecule has 8 nitrogen and oxygen atoms in total. The van der Waals surface area contributed by atoms with E-state index in [0.29, 0.717) is 18.9 Å². The van der Waals surface area contributed by atoms with Crippen LogP contribution in [-0.2, 0) is 11.8 Å². The first-order valence-corrected chi connectivity index (χ1v) is 9.65. The van der Waals surface area contributed by atoms with Crippen molar-refractivity contribution in [3.05, 3.63) is 71.7 Å². The zero-order valence-corrected chi connectivity index (χ0v) is 16.6. The largest absolute Gasteiger partial charge is 0.435 e. The van der Waals surface area contributed by atoms with Gasteiger partial charge in [-0.25, -0.2) is 14.5 Å². The summed E-state index contributed by atoms with van der Waals surface area (Å²) in [4.78, 5) is 27.2. The first-order chi connectivity index (χ1) is 13.9. The van der Waals surface area contributed by atoms with Crippen molar-refractivity contribution >= 4 is 11.4 Å². The van der Waals surface area contributed by atoms with Gasteiger partial charge in [0.25, 0.3) is 5.91 Å². The highest BCUT2D eigenvalue weighted by molar-refractivity contribution is 5.92. The van der Waals surface area contributed by atoms with Gasteiger partial charge < -0.3 is 14.3 Å². The summed E-state index contributed by atoms with van der Waals surface area (Å²) in [6.45, 7) is 6.55. The van der Waals surface area contributed by atoms with E-state index in [9.17, 15) is 4.79 Å². The lowest BCUT2D eigenvalue weighted by Gasteiger charge is -2.33. The van der Waals surface area contributed by atoms with Crippen molar-refractivity contribution in [2.45, 2.75) is 38.6 Å². The molecule has 148 valence electrons. The topological polar surface area (TPSA) is 92.3 Å². The average molecular weight is 390 g/mol. The highest BCUT2D eigenvalue weighted by Gasteiger charge is 2.37. The first kappa shape index (κ1) is 17.7. The Bertz CT molecular complexity index is 1160. The summed E-state index contributed by atoms with van der Waals surface area (Å²) in [5.74, 6) is 0.578. The van der Waals surface area contributed by atoms with Gasteiger partial charge in [-0.15, -0.1) is 0 Å². The summed E-state index contributed by atoms with van der Waals surface area (Å²) >= 11 is 0. The van der Waals surface area contributed by atoms with Crippen LogP contribution in [0.2, 0.25) is 0 Å². The first-order valence-electron chi connectivity index (χ1n) is 9.65. The number of fused-ring (bicyclic) bond motifs is 2. The smallest absolute Gasteiger partial charge is 0.292 e. The van der Waals surface area contributed by atoms with Crippen molar-refractivity contribution in [3.63, 3.8) is 0 Å². The molecule has 0 aliphatic carbocycles. The fourth-order valence-electron chi connectivity index (χ4n) is 3.75. The lowest BCUT2D eigenvalue weighted by atomic mass is 9.97. The highest BCUT2D eigenvalue weighted by Crippen LogP contribution is 2.34. The van der Waals surface area contributed by atoms with Crippen LogP contribution in [0.5, 0.6) is 0 Å². The molecule has 1 N–H and O–H groups in total. The van der Waals surface area contributed by atoms with Gasteiger partial charge in [-0.05, 0) is 18.2 Å². The second kappa shape index (κ2) is 6.30. The van der Waals surface area contributed by atoms with Crippen molar-refractivity contribution in [1.82, 2.24) is 29.5 Å². The van der Waals surface area contributed by atoms with Gasteiger partial charge in [-0.1, -0.05) is 26.8 Å². The number of H-pyrrole nitrogens is 1. The Kier molecular flexibility index (Phi) is 3.84. The fourth-order valence-corrected chi connectivity index (χ4v) is 3.75. The Morgan fingerprint density at radius 3 is 2.90 bits per heavy atom. The van der Waals surface area contributed by atoms with Crippen LogP contribution in [0.15, 0.2) is 47.4 Å². The zero-order chi connectivity index (χ0) is 20.2. The summed E-state index contributed by atoms with van der Waals surface area (Å²) in [7, 11) is 0. The van der Waals surface area contributed by atoms with E-state index < -0.39 is 0 Å². The number of oxazole rings is 1. The van der Waals surface area contributed by atoms with Gasteiger partial charge in [-0.2, -0.15) is 5.10 Å². The monoisotopic (exact) mass is 390 g/mol. The van der Waals surface area contributed by atoms with Crippen LogP contribution in [0.25, 0.3) is 5.52 Å². The maximum Gasteiger partial charge on any atom is 0.292 e. The van der Waals surface area contributed by atoms with Gasteiger partial charge in [0.15, 0.2) is 0 Å². The van der Waals surface area contributed by atoms with Crippen molar-refractivity contribution < 1.29 is 9.21 Å². The van der Waals surface area contributed by atoms with Crippen molar-refractivity contribution in [3.8, 4) is 0 Å². The molecule has 4 aromatic heterocycles. The van der Waals surface area contributed by atoms with E-state index in [1.165, 1.54) is 6.20 Å². The lowest BCUT2D eigenvalue weighted by Crippen LogP contribution is -2.40. The number of pyridine rings is 1. The molecule has 5 rings (SSSR count). The molecular formula is C21H22N6O2. The van der Waals surface area contributed by atoms with Gasteiger partial charge in [0.1, 0.15) is 6.04 Å². The normalized spacial score (nSPS) is 16.9. The van der Waals surface area contributed by atoms with Crippen LogP contribution < -0.4 is 0 Å². The lowest BCUT2D eigenvalue weighted by molar-refractivity contribution is 0.0650. The van der Waals surface area contributed by atoms with Gasteiger partial charge in [0.05, 0.1) is 29.4 Å². The molecule has 1 amide bonds. The Labute approximate surface area is 167 Å². The van der Waals surface area contributed by atoms with Gasteiger partial charge in [0, 0.05) is 30.3 Å². The molecule has 0 spiro atoms. The molecule has 0 radical (unpaired) electrons. The maximum absolute atomic E-state index is 13.4. The van der Waals surface area contributed by atoms with E-state index >= 15 is 0 Å². The summed E-state index contributed by atoms with van der Waals surface area (Å²) in [5, 5.41) is 4.71. The number of aromatic nitrogens is 5. The number of hydrogen-bond donors (Lipinski definition) is 1. The quantitative estimate of drug-likeness (QED) is 0.568. The van der Waals surface area contributed by atoms with Crippen LogP contribution in [0, 0.1) is 0 Å². The van der Waals surface area contributed by atoms with Gasteiger partial charge in [0.2, 0.25) is 11.7 Å². The van der Waals surface area contributed by atoms with E-state index in [2.05, 4.69) is 15.0 Å². The predicted molar refractivity (Wildman–Crippen MR) is 106 cm³/mol. The van der Waals surface area contributed by atoms with E-state index in [0.717, 1.165) is 22.6 Å². The molecule has 0 saturated carbocycles. The number of carbonyl (C=O) groups is 1. The number of rotatable bonds is 2. The second-order valence-corrected chi connectivity index (χ2v) is 8.34. The van der Waals surface area contributed by atoms with E-state index in [1.807, 2.05) is 55.7 Å². The molecule has 8 heteroatoms. The Hall–Kier alpha value is -3.42. The molecule has 1 aliphatic rings. The number of nitrogens with one attached hydrogen (secondary N) is 1. The van der Waals surface area contributed by atoms with E-state index in [-0.39, 0.29) is 23.1 Å². The van der Waals surface area contributed by atoms with E-state index in [4.69, 9.17) is 9.52 Å². The molecule has 0 fully saturated rings. The van der Waals surface area contributed by atoms with Crippen LogP contribution in [0.4, 0.5) is 0 Å². The molecule has 29 heavy (non-hydrogen) atoms. The summed E-state index contributed by atoms with van der Waals surface area (Å²) in [6, 6.07) is 7.49. The standard InChI is InChI=1S/C21H22N6O2/c1-21(2,3)20-22-11-16(29-20)19(28)26-9-7-14-17(24-12-23-14)18(26)15-10-13-6-4-5-8-27(13)25-15/h4-6,8,10-12,18H,7,9H2,1-3H3,(H,23,24)/t18-/m0/s1. The predicted octanol–water partition coefficient (Wildman–Crippen LogP) is 3.13. The Morgan fingerprint density at radius 2 is 2.14 bits per heavy atom. The number of carbonyl (C=O) groups excluding carboxylic acids is 1. The van der Waals surface area contributed by atoms with Crippen LogP contribution in [-0.4, -0.2) is 41.9 Å². The third kappa shape index (κ3) is 2.91. The van der Waals surface area contributed by atoms with Crippen LogP contribution in [0.3, 0.4) is 0 Å². The summed E-state index contributed by atoms with van der Waals surface area (Å²) in [6.07, 6.45) is 5.79. The zero-order valence-electron chi connectivity index (χ0n) is 16.6. The molecule has 0 saturated heterocycles. The maximum atomic E-state index is 13.4. The summed E-state index contributed by atoms with van der Waals surface area (Å²) in [5.41, 5.74) is 3.32. The number of nitrogens with zero attached hydrogens (tertiary/aromatic N) is 5. The van der Waals surface area contributed by atoms with Crippen molar-refractivity contribution in [2.24, 2.45) is 0 Å². The van der Waals surface area contributed by atoms with Gasteiger partial charge >= 0.3 is 0 Å². The Morgan fingerprint density at radius 1 is 1.28 bits per heavy atom. The minimum Gasteiger partial charge on any atom is -0.435 e. The third-order valence-corrected chi connectivity index (χ3v) is 5.21. The minimum atomic E-state index is -0.388. The third-order valence-electron chi connectivity index (χ3n) is 5.21. The van der Waals surface area contributed by atoms with E-state index in [1.54, 1.807) is 11.2 Å². The number of amides is 1. The molecule has 1 aliphatic heterocycles. The van der Waals surface area contributed by atoms with Crippen molar-refractivity contribution in [2.75, 3.05) is 6.54 Å². The second-order valence-electron chi connectivity index (χ2n) is 8.34. The summed E-state index contributed by atoms with van der Waals surface area (Å²) < 4.78 is 7.63. The number of aromatic amines is 1. The molecule has 1 atom stereocenters. The van der Waals surface area contributed by atoms with Crippen LogP contribution >= 0.6 is 0 Å². The molecule has 0 aromatic carbocycles. The molecule has 5 heterocycles. The molecule has 0 unspecified atom stereocenters. The minimum absolute atomic E-state index is 0.205. The van der Waals surface area contributed by atoms with Crippen molar-refractivity contribution in [1.29, 1.82) is 0 Å². The fraction of sp³-hybridized carbons (Fsp3) is 0.333.